The highest BCUT2D eigenvalue weighted by molar-refractivity contribution is 5.23. The number of nitrogens with one attached hydrogen (secondary N) is 1. The van der Waals surface area contributed by atoms with Gasteiger partial charge in [-0.15, -0.1) is 0 Å². The van der Waals surface area contributed by atoms with Crippen LogP contribution in [0.2, 0.25) is 0 Å². The topological polar surface area (TPSA) is 79.1 Å². The molecule has 1 aliphatic carbocycles. The fourth-order valence-electron chi connectivity index (χ4n) is 1.81. The van der Waals surface area contributed by atoms with Gasteiger partial charge >= 0.3 is 0 Å². The molecule has 2 rings (SSSR count). The molecule has 0 bridgehead atoms. The number of pyridine rings is 1. The number of aromatic amines is 1. The first-order valence-electron chi connectivity index (χ1n) is 4.85. The van der Waals surface area contributed by atoms with Crippen LogP contribution >= 0.6 is 0 Å². The van der Waals surface area contributed by atoms with Gasteiger partial charge in [0.25, 0.3) is 5.56 Å². The molecule has 0 radical (unpaired) electrons. The van der Waals surface area contributed by atoms with Crippen LogP contribution in [0, 0.1) is 5.92 Å². The number of aromatic hydroxyl groups is 1. The summed E-state index contributed by atoms with van der Waals surface area (Å²) < 4.78 is 0. The van der Waals surface area contributed by atoms with Gasteiger partial charge < -0.3 is 10.8 Å². The van der Waals surface area contributed by atoms with E-state index in [1.165, 1.54) is 18.6 Å². The van der Waals surface area contributed by atoms with Crippen molar-refractivity contribution in [1.82, 2.24) is 4.98 Å². The highest BCUT2D eigenvalue weighted by Crippen LogP contribution is 2.36. The van der Waals surface area contributed by atoms with E-state index in [0.717, 1.165) is 18.4 Å². The van der Waals surface area contributed by atoms with Crippen LogP contribution < -0.4 is 11.3 Å². The van der Waals surface area contributed by atoms with Gasteiger partial charge in [-0.3, -0.25) is 9.78 Å². The van der Waals surface area contributed by atoms with Crippen LogP contribution in [0.15, 0.2) is 16.9 Å². The van der Waals surface area contributed by atoms with Crippen molar-refractivity contribution in [3.63, 3.8) is 0 Å². The Bertz CT molecular complexity index is 382. The molecule has 0 spiro atoms. The lowest BCUT2D eigenvalue weighted by molar-refractivity contribution is 0.263. The summed E-state index contributed by atoms with van der Waals surface area (Å²) >= 11 is 0. The third-order valence-corrected chi connectivity index (χ3v) is 2.90. The first kappa shape index (κ1) is 9.27. The fourth-order valence-corrected chi connectivity index (χ4v) is 1.81. The van der Waals surface area contributed by atoms with E-state index in [4.69, 9.17) is 5.73 Å². The average molecular weight is 194 g/mol. The molecule has 1 fully saturated rings. The zero-order valence-electron chi connectivity index (χ0n) is 7.86. The second kappa shape index (κ2) is 3.46. The van der Waals surface area contributed by atoms with Crippen LogP contribution in [0.25, 0.3) is 0 Å². The van der Waals surface area contributed by atoms with Gasteiger partial charge in [-0.05, 0) is 24.3 Å². The molecule has 1 aromatic heterocycles. The maximum absolute atomic E-state index is 11.1. The number of rotatable bonds is 2. The molecule has 0 aliphatic heterocycles. The van der Waals surface area contributed by atoms with E-state index in [2.05, 4.69) is 4.98 Å². The normalized spacial score (nSPS) is 18.9. The summed E-state index contributed by atoms with van der Waals surface area (Å²) in [7, 11) is 0. The maximum Gasteiger partial charge on any atom is 0.250 e. The summed E-state index contributed by atoms with van der Waals surface area (Å²) in [6, 6.07) is 2.88. The molecule has 0 amide bonds. The Morgan fingerprint density at radius 2 is 2.21 bits per heavy atom. The van der Waals surface area contributed by atoms with E-state index in [1.54, 1.807) is 0 Å². The summed E-state index contributed by atoms with van der Waals surface area (Å²) in [6.07, 6.45) is 3.46. The quantitative estimate of drug-likeness (QED) is 0.653. The Morgan fingerprint density at radius 1 is 1.50 bits per heavy atom. The van der Waals surface area contributed by atoms with Gasteiger partial charge in [0, 0.05) is 18.2 Å². The van der Waals surface area contributed by atoms with Gasteiger partial charge in [-0.1, -0.05) is 6.42 Å². The first-order chi connectivity index (χ1) is 6.66. The van der Waals surface area contributed by atoms with Crippen LogP contribution in [-0.2, 0) is 0 Å². The highest BCUT2D eigenvalue weighted by atomic mass is 16.3. The Labute approximate surface area is 81.8 Å². The van der Waals surface area contributed by atoms with Crippen LogP contribution in [0.3, 0.4) is 0 Å². The van der Waals surface area contributed by atoms with Gasteiger partial charge in [-0.2, -0.15) is 0 Å². The predicted molar refractivity (Wildman–Crippen MR) is 53.0 cm³/mol. The van der Waals surface area contributed by atoms with Crippen LogP contribution in [0.5, 0.6) is 5.88 Å². The summed E-state index contributed by atoms with van der Waals surface area (Å²) in [5.41, 5.74) is 6.41. The van der Waals surface area contributed by atoms with Crippen molar-refractivity contribution in [3.8, 4) is 5.88 Å². The van der Waals surface area contributed by atoms with Crippen molar-refractivity contribution in [2.45, 2.75) is 25.3 Å². The molecular weight excluding hydrogens is 180 g/mol. The Kier molecular flexibility index (Phi) is 2.29. The fraction of sp³-hybridized carbons (Fsp3) is 0.500. The third kappa shape index (κ3) is 1.65. The molecule has 1 atom stereocenters. The van der Waals surface area contributed by atoms with Gasteiger partial charge in [0.2, 0.25) is 0 Å². The number of aromatic nitrogens is 1. The van der Waals surface area contributed by atoms with Crippen molar-refractivity contribution < 1.29 is 5.11 Å². The Balaban J connectivity index is 2.26. The molecule has 1 saturated carbocycles. The predicted octanol–water partition coefficient (Wildman–Crippen LogP) is 0.880. The second-order valence-corrected chi connectivity index (χ2v) is 3.88. The van der Waals surface area contributed by atoms with E-state index in [0.29, 0.717) is 5.92 Å². The molecule has 1 heterocycles. The lowest BCUT2D eigenvalue weighted by atomic mass is 9.78. The molecular formula is C10H14N2O2. The molecule has 76 valence electrons. The smallest absolute Gasteiger partial charge is 0.250 e. The molecule has 0 unspecified atom stereocenters. The molecule has 0 saturated heterocycles. The van der Waals surface area contributed by atoms with Crippen molar-refractivity contribution >= 4 is 0 Å². The second-order valence-electron chi connectivity index (χ2n) is 3.88. The van der Waals surface area contributed by atoms with Crippen molar-refractivity contribution in [3.05, 3.63) is 28.0 Å². The number of nitrogens with two attached hydrogens (primary N) is 1. The number of hydrogen-bond donors (Lipinski definition) is 3. The largest absolute Gasteiger partial charge is 0.495 e. The van der Waals surface area contributed by atoms with Crippen LogP contribution in [0.4, 0.5) is 0 Å². The van der Waals surface area contributed by atoms with Crippen molar-refractivity contribution in [2.75, 3.05) is 0 Å². The summed E-state index contributed by atoms with van der Waals surface area (Å²) in [5, 5.41) is 9.20. The molecule has 4 N–H and O–H groups in total. The highest BCUT2D eigenvalue weighted by Gasteiger charge is 2.25. The van der Waals surface area contributed by atoms with E-state index >= 15 is 0 Å². The van der Waals surface area contributed by atoms with Gasteiger partial charge in [-0.25, -0.2) is 0 Å². The van der Waals surface area contributed by atoms with Crippen LogP contribution in [0.1, 0.15) is 30.9 Å². The minimum Gasteiger partial charge on any atom is -0.495 e. The SMILES string of the molecule is N[C@H](c1cc(O)[nH]c(=O)c1)C1CCC1. The summed E-state index contributed by atoms with van der Waals surface area (Å²) in [4.78, 5) is 13.4. The third-order valence-electron chi connectivity index (χ3n) is 2.90. The van der Waals surface area contributed by atoms with E-state index in [9.17, 15) is 9.90 Å². The first-order valence-corrected chi connectivity index (χ1v) is 4.85. The Hall–Kier alpha value is -1.29. The lowest BCUT2D eigenvalue weighted by Crippen LogP contribution is -2.27. The Morgan fingerprint density at radius 3 is 2.71 bits per heavy atom. The van der Waals surface area contributed by atoms with Crippen molar-refractivity contribution in [2.24, 2.45) is 11.7 Å². The standard InChI is InChI=1S/C10H14N2O2/c11-10(6-2-1-3-6)7-4-8(13)12-9(14)5-7/h4-6,10H,1-3,11H2,(H2,12,13,14)/t10-/m0/s1. The molecule has 14 heavy (non-hydrogen) atoms. The average Bonchev–Trinajstić information content (AvgIpc) is 1.98. The monoisotopic (exact) mass is 194 g/mol. The van der Waals surface area contributed by atoms with Gasteiger partial charge in [0.1, 0.15) is 0 Å². The minimum atomic E-state index is -0.297. The van der Waals surface area contributed by atoms with Crippen molar-refractivity contribution in [1.29, 1.82) is 0 Å². The zero-order chi connectivity index (χ0) is 10.1. The summed E-state index contributed by atoms with van der Waals surface area (Å²) in [6.45, 7) is 0. The van der Waals surface area contributed by atoms with Crippen LogP contribution in [-0.4, -0.2) is 10.1 Å². The molecule has 1 aliphatic rings. The molecule has 1 aromatic rings. The zero-order valence-corrected chi connectivity index (χ0v) is 7.86. The van der Waals surface area contributed by atoms with Gasteiger partial charge in [0.15, 0.2) is 5.88 Å². The van der Waals surface area contributed by atoms with E-state index in [1.807, 2.05) is 0 Å². The molecule has 0 aromatic carbocycles. The van der Waals surface area contributed by atoms with E-state index in [-0.39, 0.29) is 17.5 Å². The molecule has 4 nitrogen and oxygen atoms in total. The number of hydrogen-bond acceptors (Lipinski definition) is 3. The lowest BCUT2D eigenvalue weighted by Gasteiger charge is -2.31. The van der Waals surface area contributed by atoms with Gasteiger partial charge in [0.05, 0.1) is 0 Å². The molecule has 4 heteroatoms. The minimum absolute atomic E-state index is 0.109. The van der Waals surface area contributed by atoms with E-state index < -0.39 is 0 Å². The number of H-pyrrole nitrogens is 1. The summed E-state index contributed by atoms with van der Waals surface area (Å²) in [5.74, 6) is 0.360. The maximum atomic E-state index is 11.1.